The van der Waals surface area contributed by atoms with E-state index in [1.54, 1.807) is 0 Å². The first-order valence-corrected chi connectivity index (χ1v) is 8.68. The van der Waals surface area contributed by atoms with Gasteiger partial charge in [0.1, 0.15) is 12.4 Å². The smallest absolute Gasteiger partial charge is 0.338 e. The zero-order valence-electron chi connectivity index (χ0n) is 14.2. The maximum absolute atomic E-state index is 11.2. The standard InChI is InChI=1S/C10H10O5.C7H8O4S/c1-2-3-15-10(14)6-4-7(11)9(13)8(12)5-6;1-11-6-2-4-7(5-3-6)12(8,9)10/h2,4-5,11-13H,1,3H2;2-5H,1H3,(H,8,9,10). The number of benzene rings is 2. The molecular formula is C17H18O9S. The fourth-order valence-corrected chi connectivity index (χ4v) is 2.17. The molecule has 2 aromatic rings. The predicted octanol–water partition coefficient (Wildman–Crippen LogP) is 2.09. The number of rotatable bonds is 5. The quantitative estimate of drug-likeness (QED) is 0.257. The van der Waals surface area contributed by atoms with Crippen LogP contribution in [-0.4, -0.2) is 48.0 Å². The maximum Gasteiger partial charge on any atom is 0.338 e. The van der Waals surface area contributed by atoms with Crippen molar-refractivity contribution in [3.8, 4) is 23.0 Å². The summed E-state index contributed by atoms with van der Waals surface area (Å²) in [5.41, 5.74) is -0.0512. The van der Waals surface area contributed by atoms with Crippen LogP contribution in [0.3, 0.4) is 0 Å². The number of phenolic OH excluding ortho intramolecular Hbond substituents is 3. The minimum Gasteiger partial charge on any atom is -0.504 e. The molecule has 27 heavy (non-hydrogen) atoms. The normalized spacial score (nSPS) is 10.3. The van der Waals surface area contributed by atoms with Gasteiger partial charge in [-0.2, -0.15) is 8.42 Å². The lowest BCUT2D eigenvalue weighted by Crippen LogP contribution is -2.04. The summed E-state index contributed by atoms with van der Waals surface area (Å²) in [5.74, 6) is -2.01. The van der Waals surface area contributed by atoms with Gasteiger partial charge in [0.25, 0.3) is 10.1 Å². The number of esters is 1. The van der Waals surface area contributed by atoms with E-state index in [0.29, 0.717) is 5.75 Å². The molecule has 0 bridgehead atoms. The Morgan fingerprint density at radius 2 is 1.63 bits per heavy atom. The SMILES string of the molecule is C=CCOC(=O)c1cc(O)c(O)c(O)c1.COc1ccc(S(=O)(=O)O)cc1. The van der Waals surface area contributed by atoms with Crippen molar-refractivity contribution in [1.82, 2.24) is 0 Å². The van der Waals surface area contributed by atoms with Crippen LogP contribution in [0.4, 0.5) is 0 Å². The van der Waals surface area contributed by atoms with E-state index in [2.05, 4.69) is 11.3 Å². The highest BCUT2D eigenvalue weighted by molar-refractivity contribution is 7.85. The Balaban J connectivity index is 0.000000277. The largest absolute Gasteiger partial charge is 0.504 e. The van der Waals surface area contributed by atoms with Gasteiger partial charge in [0.2, 0.25) is 0 Å². The monoisotopic (exact) mass is 398 g/mol. The molecule has 0 saturated carbocycles. The van der Waals surface area contributed by atoms with Crippen LogP contribution >= 0.6 is 0 Å². The molecule has 0 unspecified atom stereocenters. The first-order valence-electron chi connectivity index (χ1n) is 7.24. The molecule has 0 spiro atoms. The number of ether oxygens (including phenoxy) is 2. The van der Waals surface area contributed by atoms with Gasteiger partial charge in [0.05, 0.1) is 17.6 Å². The van der Waals surface area contributed by atoms with Crippen LogP contribution in [0, 0.1) is 0 Å². The van der Waals surface area contributed by atoms with Gasteiger partial charge in [-0.15, -0.1) is 0 Å². The lowest BCUT2D eigenvalue weighted by molar-refractivity contribution is 0.0548. The highest BCUT2D eigenvalue weighted by Crippen LogP contribution is 2.35. The van der Waals surface area contributed by atoms with E-state index in [-0.39, 0.29) is 17.1 Å². The molecule has 0 atom stereocenters. The molecule has 0 radical (unpaired) electrons. The van der Waals surface area contributed by atoms with E-state index in [0.717, 1.165) is 12.1 Å². The average Bonchev–Trinajstić information content (AvgIpc) is 2.63. The van der Waals surface area contributed by atoms with E-state index in [4.69, 9.17) is 24.6 Å². The van der Waals surface area contributed by atoms with Crippen molar-refractivity contribution in [2.75, 3.05) is 13.7 Å². The number of carbonyl (C=O) groups is 1. The minimum absolute atomic E-state index is 0.0290. The molecule has 0 aromatic heterocycles. The zero-order chi connectivity index (χ0) is 20.6. The van der Waals surface area contributed by atoms with Crippen LogP contribution in [0.25, 0.3) is 0 Å². The molecule has 0 fully saturated rings. The Labute approximate surface area is 155 Å². The molecule has 2 aromatic carbocycles. The molecule has 10 heteroatoms. The molecule has 0 aliphatic heterocycles. The highest BCUT2D eigenvalue weighted by Gasteiger charge is 2.14. The number of phenols is 3. The molecule has 9 nitrogen and oxygen atoms in total. The molecule has 0 saturated heterocycles. The average molecular weight is 398 g/mol. The molecule has 0 amide bonds. The van der Waals surface area contributed by atoms with Gasteiger partial charge in [-0.3, -0.25) is 4.55 Å². The van der Waals surface area contributed by atoms with Crippen molar-refractivity contribution >= 4 is 16.1 Å². The highest BCUT2D eigenvalue weighted by atomic mass is 32.2. The van der Waals surface area contributed by atoms with Gasteiger partial charge in [-0.1, -0.05) is 12.7 Å². The third kappa shape index (κ3) is 6.53. The van der Waals surface area contributed by atoms with Crippen LogP contribution < -0.4 is 4.74 Å². The fraction of sp³-hybridized carbons (Fsp3) is 0.118. The molecule has 0 aliphatic carbocycles. The van der Waals surface area contributed by atoms with Crippen molar-refractivity contribution in [2.24, 2.45) is 0 Å². The van der Waals surface area contributed by atoms with E-state index >= 15 is 0 Å². The molecule has 146 valence electrons. The summed E-state index contributed by atoms with van der Waals surface area (Å²) in [6.07, 6.45) is 1.39. The van der Waals surface area contributed by atoms with Gasteiger partial charge < -0.3 is 24.8 Å². The molecule has 0 aliphatic rings. The summed E-state index contributed by atoms with van der Waals surface area (Å²) in [6.45, 7) is 3.39. The van der Waals surface area contributed by atoms with Crippen molar-refractivity contribution in [2.45, 2.75) is 4.90 Å². The minimum atomic E-state index is -4.08. The number of hydrogen-bond donors (Lipinski definition) is 4. The third-order valence-corrected chi connectivity index (χ3v) is 3.86. The Hall–Kier alpha value is -3.24. The first-order chi connectivity index (χ1) is 12.6. The van der Waals surface area contributed by atoms with Gasteiger partial charge in [-0.25, -0.2) is 4.79 Å². The Bertz CT molecular complexity index is 879. The summed E-state index contributed by atoms with van der Waals surface area (Å²) in [5, 5.41) is 27.3. The van der Waals surface area contributed by atoms with Gasteiger partial charge in [0, 0.05) is 0 Å². The zero-order valence-corrected chi connectivity index (χ0v) is 15.0. The number of hydrogen-bond acceptors (Lipinski definition) is 8. The summed E-state index contributed by atoms with van der Waals surface area (Å²) in [4.78, 5) is 11.1. The first kappa shape index (κ1) is 21.8. The van der Waals surface area contributed by atoms with Crippen molar-refractivity contribution in [3.63, 3.8) is 0 Å². The van der Waals surface area contributed by atoms with Crippen LogP contribution in [0.15, 0.2) is 53.9 Å². The predicted molar refractivity (Wildman–Crippen MR) is 94.7 cm³/mol. The van der Waals surface area contributed by atoms with Gasteiger partial charge in [0.15, 0.2) is 17.2 Å². The lowest BCUT2D eigenvalue weighted by atomic mass is 10.2. The van der Waals surface area contributed by atoms with E-state index in [9.17, 15) is 13.2 Å². The second-order valence-electron chi connectivity index (χ2n) is 4.90. The summed E-state index contributed by atoms with van der Waals surface area (Å²) < 4.78 is 39.2. The third-order valence-electron chi connectivity index (χ3n) is 2.99. The number of aromatic hydroxyl groups is 3. The Morgan fingerprint density at radius 3 is 2.04 bits per heavy atom. The van der Waals surface area contributed by atoms with Crippen molar-refractivity contribution in [3.05, 3.63) is 54.6 Å². The summed E-state index contributed by atoms with van der Waals surface area (Å²) in [6, 6.07) is 7.47. The van der Waals surface area contributed by atoms with Crippen molar-refractivity contribution < 1.29 is 42.6 Å². The molecular weight excluding hydrogens is 380 g/mol. The van der Waals surface area contributed by atoms with Crippen LogP contribution in [0.1, 0.15) is 10.4 Å². The molecule has 2 rings (SSSR count). The van der Waals surface area contributed by atoms with Crippen LogP contribution in [-0.2, 0) is 14.9 Å². The Kier molecular flexibility index (Phi) is 7.64. The van der Waals surface area contributed by atoms with E-state index in [1.165, 1.54) is 37.5 Å². The van der Waals surface area contributed by atoms with Gasteiger partial charge in [-0.05, 0) is 36.4 Å². The van der Waals surface area contributed by atoms with Crippen LogP contribution in [0.2, 0.25) is 0 Å². The van der Waals surface area contributed by atoms with E-state index < -0.39 is 33.3 Å². The van der Waals surface area contributed by atoms with Crippen molar-refractivity contribution in [1.29, 1.82) is 0 Å². The summed E-state index contributed by atoms with van der Waals surface area (Å²) >= 11 is 0. The topological polar surface area (TPSA) is 151 Å². The lowest BCUT2D eigenvalue weighted by Gasteiger charge is -2.05. The maximum atomic E-state index is 11.2. The Morgan fingerprint density at radius 1 is 1.11 bits per heavy atom. The molecule has 0 heterocycles. The molecule has 4 N–H and O–H groups in total. The van der Waals surface area contributed by atoms with Crippen LogP contribution in [0.5, 0.6) is 23.0 Å². The second kappa shape index (κ2) is 9.46. The number of methoxy groups -OCH3 is 1. The van der Waals surface area contributed by atoms with Gasteiger partial charge >= 0.3 is 5.97 Å². The summed E-state index contributed by atoms with van der Waals surface area (Å²) in [7, 11) is -2.61. The van der Waals surface area contributed by atoms with E-state index in [1.807, 2.05) is 0 Å². The second-order valence-corrected chi connectivity index (χ2v) is 6.32. The fourth-order valence-electron chi connectivity index (χ4n) is 1.69. The number of carbonyl (C=O) groups excluding carboxylic acids is 1.